The predicted molar refractivity (Wildman–Crippen MR) is 88.8 cm³/mol. The van der Waals surface area contributed by atoms with Crippen LogP contribution in [-0.4, -0.2) is 34.4 Å². The minimum Gasteiger partial charge on any atom is -0.493 e. The summed E-state index contributed by atoms with van der Waals surface area (Å²) in [5.74, 6) is 2.88. The molecule has 1 aliphatic rings. The van der Waals surface area contributed by atoms with Crippen molar-refractivity contribution in [2.45, 2.75) is 4.58 Å². The van der Waals surface area contributed by atoms with Crippen LogP contribution in [0, 0.1) is 0 Å². The summed E-state index contributed by atoms with van der Waals surface area (Å²) in [5.41, 5.74) is 1.60. The Hall–Kier alpha value is -1.60. The molecule has 116 valence electrons. The van der Waals surface area contributed by atoms with Crippen molar-refractivity contribution >= 4 is 29.5 Å². The molecule has 0 radical (unpaired) electrons. The van der Waals surface area contributed by atoms with E-state index in [0.29, 0.717) is 21.6 Å². The van der Waals surface area contributed by atoms with Crippen molar-refractivity contribution in [2.24, 2.45) is 7.05 Å². The van der Waals surface area contributed by atoms with Gasteiger partial charge in [0.2, 0.25) is 0 Å². The maximum Gasteiger partial charge on any atom is 0.346 e. The van der Waals surface area contributed by atoms with Gasteiger partial charge in [-0.05, 0) is 17.7 Å². The maximum absolute atomic E-state index is 12.1. The molecule has 5 nitrogen and oxygen atoms in total. The third kappa shape index (κ3) is 3.25. The number of nitrogens with zero attached hydrogens (tertiary/aromatic N) is 2. The summed E-state index contributed by atoms with van der Waals surface area (Å²) in [7, 11) is 3.33. The lowest BCUT2D eigenvalue weighted by molar-refractivity contribution is 0.0729. The Bertz CT molecular complexity index is 681. The van der Waals surface area contributed by atoms with Crippen LogP contribution in [0.5, 0.6) is 11.5 Å². The van der Waals surface area contributed by atoms with Gasteiger partial charge in [0, 0.05) is 24.8 Å². The minimum absolute atomic E-state index is 0.413. The largest absolute Gasteiger partial charge is 0.493 e. The van der Waals surface area contributed by atoms with E-state index in [4.69, 9.17) is 9.47 Å². The average Bonchev–Trinajstić information content (AvgIpc) is 3.19. The highest BCUT2D eigenvalue weighted by molar-refractivity contribution is 8.19. The van der Waals surface area contributed by atoms with Gasteiger partial charge in [0.1, 0.15) is 0 Å². The van der Waals surface area contributed by atoms with Gasteiger partial charge < -0.3 is 9.47 Å². The number of thioether (sulfide) groups is 2. The number of hydrogen-bond donors (Lipinski definition) is 0. The predicted octanol–water partition coefficient (Wildman–Crippen LogP) is 3.13. The summed E-state index contributed by atoms with van der Waals surface area (Å²) < 4.78 is 12.8. The Morgan fingerprint density at radius 3 is 2.73 bits per heavy atom. The van der Waals surface area contributed by atoms with Gasteiger partial charge in [-0.2, -0.15) is 5.10 Å². The topological polar surface area (TPSA) is 53.4 Å². The van der Waals surface area contributed by atoms with Crippen molar-refractivity contribution in [3.05, 3.63) is 41.7 Å². The highest BCUT2D eigenvalue weighted by Gasteiger charge is 2.21. The van der Waals surface area contributed by atoms with Crippen molar-refractivity contribution < 1.29 is 14.3 Å². The van der Waals surface area contributed by atoms with E-state index in [9.17, 15) is 4.79 Å². The number of rotatable bonds is 4. The number of methoxy groups -OCH3 is 1. The van der Waals surface area contributed by atoms with Crippen LogP contribution < -0.4 is 9.47 Å². The van der Waals surface area contributed by atoms with Crippen molar-refractivity contribution in [1.29, 1.82) is 0 Å². The van der Waals surface area contributed by atoms with Gasteiger partial charge in [0.15, 0.2) is 11.5 Å². The second-order valence-corrected chi connectivity index (χ2v) is 7.50. The molecule has 7 heteroatoms. The minimum atomic E-state index is -0.441. The van der Waals surface area contributed by atoms with Crippen molar-refractivity contribution in [3.63, 3.8) is 0 Å². The van der Waals surface area contributed by atoms with Crippen LogP contribution in [-0.2, 0) is 7.05 Å². The summed E-state index contributed by atoms with van der Waals surface area (Å²) in [4.78, 5) is 12.1. The number of aromatic nitrogens is 2. The second kappa shape index (κ2) is 6.66. The number of aryl methyl sites for hydroxylation is 1. The van der Waals surface area contributed by atoms with Crippen LogP contribution in [0.25, 0.3) is 0 Å². The molecule has 1 aliphatic heterocycles. The molecule has 0 N–H and O–H groups in total. The van der Waals surface area contributed by atoms with Crippen LogP contribution in [0.3, 0.4) is 0 Å². The fourth-order valence-corrected chi connectivity index (χ4v) is 4.99. The summed E-state index contributed by atoms with van der Waals surface area (Å²) in [6.45, 7) is 0. The normalized spacial score (nSPS) is 15.0. The lowest BCUT2D eigenvalue weighted by atomic mass is 10.2. The van der Waals surface area contributed by atoms with E-state index in [1.54, 1.807) is 31.1 Å². The smallest absolute Gasteiger partial charge is 0.346 e. The van der Waals surface area contributed by atoms with Crippen LogP contribution >= 0.6 is 23.5 Å². The number of esters is 1. The van der Waals surface area contributed by atoms with Gasteiger partial charge in [0.05, 0.1) is 23.5 Å². The molecule has 0 amide bonds. The average molecular weight is 336 g/mol. The van der Waals surface area contributed by atoms with E-state index in [0.717, 1.165) is 11.5 Å². The SMILES string of the molecule is COc1cc(C2SCCS2)ccc1OC(=O)c1cnn(C)c1. The van der Waals surface area contributed by atoms with Crippen molar-refractivity contribution in [2.75, 3.05) is 18.6 Å². The molecule has 2 aromatic rings. The van der Waals surface area contributed by atoms with Crippen molar-refractivity contribution in [1.82, 2.24) is 9.78 Å². The number of hydrogen-bond acceptors (Lipinski definition) is 6. The molecule has 0 aliphatic carbocycles. The van der Waals surface area contributed by atoms with Gasteiger partial charge in [-0.15, -0.1) is 23.5 Å². The monoisotopic (exact) mass is 336 g/mol. The highest BCUT2D eigenvalue weighted by atomic mass is 32.2. The molecule has 1 saturated heterocycles. The molecular weight excluding hydrogens is 320 g/mol. The highest BCUT2D eigenvalue weighted by Crippen LogP contribution is 2.46. The molecule has 2 heterocycles. The summed E-state index contributed by atoms with van der Waals surface area (Å²) in [6.07, 6.45) is 3.10. The standard InChI is InChI=1S/C15H16N2O3S2/c1-17-9-11(8-16-17)14(18)20-12-4-3-10(7-13(12)19-2)15-21-5-6-22-15/h3-4,7-9,15H,5-6H2,1-2H3. The molecule has 1 aromatic carbocycles. The number of ether oxygens (including phenoxy) is 2. The summed E-state index contributed by atoms with van der Waals surface area (Å²) in [6, 6.07) is 5.73. The van der Waals surface area contributed by atoms with Crippen LogP contribution in [0.15, 0.2) is 30.6 Å². The fraction of sp³-hybridized carbons (Fsp3) is 0.333. The van der Waals surface area contributed by atoms with E-state index >= 15 is 0 Å². The third-order valence-electron chi connectivity index (χ3n) is 3.22. The Labute approximate surface area is 137 Å². The van der Waals surface area contributed by atoms with Gasteiger partial charge >= 0.3 is 5.97 Å². The molecule has 0 atom stereocenters. The quantitative estimate of drug-likeness (QED) is 0.632. The second-order valence-electron chi connectivity index (χ2n) is 4.78. The zero-order valence-corrected chi connectivity index (χ0v) is 13.9. The Balaban J connectivity index is 1.79. The van der Waals surface area contributed by atoms with Gasteiger partial charge in [-0.1, -0.05) is 6.07 Å². The molecule has 22 heavy (non-hydrogen) atoms. The Morgan fingerprint density at radius 2 is 2.09 bits per heavy atom. The van der Waals surface area contributed by atoms with E-state index in [-0.39, 0.29) is 0 Å². The van der Waals surface area contributed by atoms with Crippen LogP contribution in [0.2, 0.25) is 0 Å². The van der Waals surface area contributed by atoms with Crippen LogP contribution in [0.4, 0.5) is 0 Å². The number of carbonyl (C=O) groups excluding carboxylic acids is 1. The molecule has 0 saturated carbocycles. The van der Waals surface area contributed by atoms with E-state index in [1.165, 1.54) is 11.8 Å². The first kappa shape index (κ1) is 15.3. The van der Waals surface area contributed by atoms with Gasteiger partial charge in [0.25, 0.3) is 0 Å². The Morgan fingerprint density at radius 1 is 1.32 bits per heavy atom. The maximum atomic E-state index is 12.1. The molecule has 1 fully saturated rings. The first-order valence-electron chi connectivity index (χ1n) is 6.79. The van der Waals surface area contributed by atoms with Crippen molar-refractivity contribution in [3.8, 4) is 11.5 Å². The van der Waals surface area contributed by atoms with Crippen LogP contribution in [0.1, 0.15) is 20.5 Å². The first-order chi connectivity index (χ1) is 10.7. The fourth-order valence-electron chi connectivity index (χ4n) is 2.15. The lowest BCUT2D eigenvalue weighted by Crippen LogP contribution is -2.08. The first-order valence-corrected chi connectivity index (χ1v) is 8.89. The molecule has 0 spiro atoms. The van der Waals surface area contributed by atoms with Gasteiger partial charge in [-0.3, -0.25) is 4.68 Å². The molecule has 0 unspecified atom stereocenters. The van der Waals surface area contributed by atoms with E-state index < -0.39 is 5.97 Å². The number of carbonyl (C=O) groups is 1. The van der Waals surface area contributed by atoms with E-state index in [1.807, 2.05) is 35.7 Å². The summed E-state index contributed by atoms with van der Waals surface area (Å²) in [5, 5.41) is 3.97. The lowest BCUT2D eigenvalue weighted by Gasteiger charge is -2.13. The zero-order chi connectivity index (χ0) is 15.5. The Kier molecular flexibility index (Phi) is 4.63. The molecule has 1 aromatic heterocycles. The molecule has 0 bridgehead atoms. The number of benzene rings is 1. The zero-order valence-electron chi connectivity index (χ0n) is 12.3. The molecule has 3 rings (SSSR count). The van der Waals surface area contributed by atoms with Gasteiger partial charge in [-0.25, -0.2) is 4.79 Å². The summed E-state index contributed by atoms with van der Waals surface area (Å²) >= 11 is 3.85. The van der Waals surface area contributed by atoms with E-state index in [2.05, 4.69) is 5.10 Å². The molecular formula is C15H16N2O3S2. The third-order valence-corrected chi connectivity index (χ3v) is 6.33.